The van der Waals surface area contributed by atoms with Crippen molar-refractivity contribution in [3.05, 3.63) is 70.8 Å². The minimum absolute atomic E-state index is 0.340. The van der Waals surface area contributed by atoms with Gasteiger partial charge in [-0.25, -0.2) is 0 Å². The number of nitrogens with one attached hydrogen (secondary N) is 2. The van der Waals surface area contributed by atoms with E-state index >= 15 is 0 Å². The maximum Gasteiger partial charge on any atom is 0.0143 e. The van der Waals surface area contributed by atoms with Crippen LogP contribution in [0.5, 0.6) is 0 Å². The summed E-state index contributed by atoms with van der Waals surface area (Å²) >= 11 is 0. The van der Waals surface area contributed by atoms with Gasteiger partial charge in [-0.3, -0.25) is 0 Å². The summed E-state index contributed by atoms with van der Waals surface area (Å²) in [6.45, 7) is 13.1. The molecule has 2 saturated carbocycles. The molecule has 3 aliphatic rings. The largest absolute Gasteiger partial charge is 0.315 e. The molecule has 0 amide bonds. The Hall–Kier alpha value is -1.64. The molecule has 2 heteroatoms. The maximum atomic E-state index is 3.87. The van der Waals surface area contributed by atoms with Crippen LogP contribution < -0.4 is 10.6 Å². The number of rotatable bonds is 8. The fraction of sp³-hybridized carbons (Fsp3) is 0.613. The van der Waals surface area contributed by atoms with Gasteiger partial charge in [0, 0.05) is 31.6 Å². The van der Waals surface area contributed by atoms with E-state index in [2.05, 4.69) is 86.9 Å². The average molecular weight is 445 g/mol. The first kappa shape index (κ1) is 23.1. The van der Waals surface area contributed by atoms with Gasteiger partial charge in [-0.05, 0) is 77.0 Å². The third-order valence-corrected chi connectivity index (χ3v) is 9.42. The first-order chi connectivity index (χ1) is 15.9. The van der Waals surface area contributed by atoms with Crippen LogP contribution in [0.4, 0.5) is 0 Å². The number of aryl methyl sites for hydroxylation is 1. The number of hydrogen-bond acceptors (Lipinski definition) is 2. The Labute approximate surface area is 202 Å². The van der Waals surface area contributed by atoms with Gasteiger partial charge in [-0.2, -0.15) is 0 Å². The summed E-state index contributed by atoms with van der Waals surface area (Å²) in [5.41, 5.74) is 7.04. The monoisotopic (exact) mass is 444 g/mol. The van der Waals surface area contributed by atoms with E-state index in [1.165, 1.54) is 49.7 Å². The van der Waals surface area contributed by atoms with Crippen LogP contribution in [0.3, 0.4) is 0 Å². The molecule has 5 atom stereocenters. The van der Waals surface area contributed by atoms with Gasteiger partial charge in [-0.15, -0.1) is 0 Å². The van der Waals surface area contributed by atoms with Gasteiger partial charge in [0.25, 0.3) is 0 Å². The molecule has 0 unspecified atom stereocenters. The number of benzene rings is 2. The summed E-state index contributed by atoms with van der Waals surface area (Å²) in [6, 6.07) is 19.1. The summed E-state index contributed by atoms with van der Waals surface area (Å²) in [7, 11) is 0. The van der Waals surface area contributed by atoms with Gasteiger partial charge in [0.2, 0.25) is 0 Å². The molecule has 0 radical (unpaired) electrons. The van der Waals surface area contributed by atoms with E-state index in [0.29, 0.717) is 22.8 Å². The van der Waals surface area contributed by atoms with E-state index in [1.807, 2.05) is 0 Å². The predicted octanol–water partition coefficient (Wildman–Crippen LogP) is 6.56. The quantitative estimate of drug-likeness (QED) is 0.451. The molecule has 2 aromatic rings. The SMILES string of the molecule is CC(C)c1ccc2c(c1)CC[C@H]1[C@](C)(CNCCN[C@H]3C[C@@H]3c3ccccc3)CCC[C@]21C. The summed E-state index contributed by atoms with van der Waals surface area (Å²) in [5.74, 6) is 2.12. The van der Waals surface area contributed by atoms with E-state index in [9.17, 15) is 0 Å². The highest BCUT2D eigenvalue weighted by Gasteiger charge is 2.51. The molecule has 0 saturated heterocycles. The van der Waals surface area contributed by atoms with Crippen molar-refractivity contribution in [1.29, 1.82) is 0 Å². The fourth-order valence-electron chi connectivity index (χ4n) is 7.42. The topological polar surface area (TPSA) is 24.1 Å². The molecule has 33 heavy (non-hydrogen) atoms. The fourth-order valence-corrected chi connectivity index (χ4v) is 7.42. The lowest BCUT2D eigenvalue weighted by molar-refractivity contribution is 0.0261. The second-order valence-electron chi connectivity index (χ2n) is 12.1. The Kier molecular flexibility index (Phi) is 6.44. The van der Waals surface area contributed by atoms with Crippen molar-refractivity contribution in [2.75, 3.05) is 19.6 Å². The van der Waals surface area contributed by atoms with Crippen molar-refractivity contribution < 1.29 is 0 Å². The maximum absolute atomic E-state index is 3.87. The molecule has 178 valence electrons. The van der Waals surface area contributed by atoms with Crippen LogP contribution in [0.1, 0.15) is 93.9 Å². The molecule has 2 nitrogen and oxygen atoms in total. The molecule has 0 bridgehead atoms. The lowest BCUT2D eigenvalue weighted by Gasteiger charge is -2.55. The molecule has 2 fully saturated rings. The molecule has 2 aromatic carbocycles. The zero-order valence-electron chi connectivity index (χ0n) is 21.3. The van der Waals surface area contributed by atoms with Crippen LogP contribution in [0.2, 0.25) is 0 Å². The van der Waals surface area contributed by atoms with Crippen LogP contribution in [0.15, 0.2) is 48.5 Å². The summed E-state index contributed by atoms with van der Waals surface area (Å²) in [6.07, 6.45) is 7.98. The van der Waals surface area contributed by atoms with Gasteiger partial charge in [0.15, 0.2) is 0 Å². The van der Waals surface area contributed by atoms with Gasteiger partial charge < -0.3 is 10.6 Å². The summed E-state index contributed by atoms with van der Waals surface area (Å²) in [5, 5.41) is 7.65. The molecule has 0 heterocycles. The Balaban J connectivity index is 1.16. The van der Waals surface area contributed by atoms with Crippen LogP contribution in [-0.4, -0.2) is 25.7 Å². The lowest BCUT2D eigenvalue weighted by Crippen LogP contribution is -2.53. The Morgan fingerprint density at radius 3 is 2.61 bits per heavy atom. The van der Waals surface area contributed by atoms with Gasteiger partial charge >= 0.3 is 0 Å². The third kappa shape index (κ3) is 4.54. The highest BCUT2D eigenvalue weighted by Crippen LogP contribution is 2.57. The van der Waals surface area contributed by atoms with Crippen molar-refractivity contribution in [2.45, 2.75) is 89.5 Å². The van der Waals surface area contributed by atoms with Crippen LogP contribution in [0.25, 0.3) is 0 Å². The van der Waals surface area contributed by atoms with Gasteiger partial charge in [-0.1, -0.05) is 82.6 Å². The van der Waals surface area contributed by atoms with Crippen LogP contribution >= 0.6 is 0 Å². The number of fused-ring (bicyclic) bond motifs is 3. The molecule has 5 rings (SSSR count). The molecule has 0 aromatic heterocycles. The van der Waals surface area contributed by atoms with E-state index in [4.69, 9.17) is 0 Å². The highest BCUT2D eigenvalue weighted by atomic mass is 15.0. The Morgan fingerprint density at radius 1 is 1.00 bits per heavy atom. The summed E-state index contributed by atoms with van der Waals surface area (Å²) < 4.78 is 0. The first-order valence-corrected chi connectivity index (χ1v) is 13.5. The minimum atomic E-state index is 0.340. The number of hydrogen-bond donors (Lipinski definition) is 2. The average Bonchev–Trinajstić information content (AvgIpc) is 3.58. The first-order valence-electron chi connectivity index (χ1n) is 13.5. The standard InChI is InChI=1S/C31H44N2/c1-22(2)24-11-13-27-25(19-24)12-14-29-30(3,15-8-16-31(27,29)4)21-32-17-18-33-28-20-26(28)23-9-6-5-7-10-23/h5-7,9-11,13,19,22,26,28-29,32-33H,8,12,14-18,20-21H2,1-4H3/t26-,28+,29+,30+,31-/m1/s1. The minimum Gasteiger partial charge on any atom is -0.315 e. The predicted molar refractivity (Wildman–Crippen MR) is 140 cm³/mol. The van der Waals surface area contributed by atoms with Crippen molar-refractivity contribution in [1.82, 2.24) is 10.6 Å². The summed E-state index contributed by atoms with van der Waals surface area (Å²) in [4.78, 5) is 0. The molecule has 2 N–H and O–H groups in total. The Morgan fingerprint density at radius 2 is 1.82 bits per heavy atom. The Bertz CT molecular complexity index is 951. The molecule has 0 spiro atoms. The highest BCUT2D eigenvalue weighted by molar-refractivity contribution is 5.42. The molecular weight excluding hydrogens is 400 g/mol. The van der Waals surface area contributed by atoms with Crippen molar-refractivity contribution in [3.8, 4) is 0 Å². The van der Waals surface area contributed by atoms with Crippen molar-refractivity contribution in [3.63, 3.8) is 0 Å². The van der Waals surface area contributed by atoms with Crippen LogP contribution in [-0.2, 0) is 11.8 Å². The van der Waals surface area contributed by atoms with E-state index < -0.39 is 0 Å². The van der Waals surface area contributed by atoms with E-state index in [1.54, 1.807) is 11.1 Å². The van der Waals surface area contributed by atoms with Crippen molar-refractivity contribution >= 4 is 0 Å². The van der Waals surface area contributed by atoms with Crippen LogP contribution in [0, 0.1) is 11.3 Å². The second-order valence-corrected chi connectivity index (χ2v) is 12.1. The van der Waals surface area contributed by atoms with E-state index in [0.717, 1.165) is 31.5 Å². The van der Waals surface area contributed by atoms with Gasteiger partial charge in [0.05, 0.1) is 0 Å². The third-order valence-electron chi connectivity index (χ3n) is 9.42. The lowest BCUT2D eigenvalue weighted by atomic mass is 9.49. The normalized spacial score (nSPS) is 32.9. The molecule has 3 aliphatic carbocycles. The van der Waals surface area contributed by atoms with Crippen molar-refractivity contribution in [2.24, 2.45) is 11.3 Å². The zero-order valence-corrected chi connectivity index (χ0v) is 21.3. The van der Waals surface area contributed by atoms with Gasteiger partial charge in [0.1, 0.15) is 0 Å². The molecular formula is C31H44N2. The smallest absolute Gasteiger partial charge is 0.0143 e. The zero-order chi connectivity index (χ0) is 23.1. The second kappa shape index (κ2) is 9.19. The molecule has 0 aliphatic heterocycles. The van der Waals surface area contributed by atoms with E-state index in [-0.39, 0.29) is 0 Å².